The van der Waals surface area contributed by atoms with E-state index in [2.05, 4.69) is 20.3 Å². The summed E-state index contributed by atoms with van der Waals surface area (Å²) in [7, 11) is -1.66. The zero-order valence-electron chi connectivity index (χ0n) is 12.8. The van der Waals surface area contributed by atoms with Crippen molar-refractivity contribution in [2.75, 3.05) is 22.8 Å². The second kappa shape index (κ2) is 5.92. The van der Waals surface area contributed by atoms with Crippen LogP contribution in [0, 0.1) is 0 Å². The molecular weight excluding hydrogens is 318 g/mol. The summed E-state index contributed by atoms with van der Waals surface area (Å²) in [6.07, 6.45) is 3.58. The van der Waals surface area contributed by atoms with Crippen molar-refractivity contribution >= 4 is 32.5 Å². The quantitative estimate of drug-likeness (QED) is 0.713. The van der Waals surface area contributed by atoms with Gasteiger partial charge in [0.25, 0.3) is 0 Å². The summed E-state index contributed by atoms with van der Waals surface area (Å²) in [5.74, 6) is 0.157. The van der Waals surface area contributed by atoms with Crippen LogP contribution < -0.4 is 10.0 Å². The third-order valence-electron chi connectivity index (χ3n) is 3.44. The number of fused-ring (bicyclic) bond motifs is 1. The minimum absolute atomic E-state index is 0.0341. The van der Waals surface area contributed by atoms with Crippen LogP contribution in [-0.2, 0) is 16.6 Å². The van der Waals surface area contributed by atoms with Crippen molar-refractivity contribution in [1.82, 2.24) is 14.9 Å². The van der Waals surface area contributed by atoms with Crippen LogP contribution in [0.4, 0.5) is 11.5 Å². The number of benzene rings is 1. The zero-order valence-corrected chi connectivity index (χ0v) is 13.6. The first kappa shape index (κ1) is 15.3. The summed E-state index contributed by atoms with van der Waals surface area (Å²) < 4.78 is 33.1. The average Bonchev–Trinajstić information content (AvgIpc) is 3.17. The monoisotopic (exact) mass is 335 g/mol. The molecule has 0 unspecified atom stereocenters. The maximum absolute atomic E-state index is 11.8. The number of nitrogens with zero attached hydrogens (tertiary/aromatic N) is 3. The Labute approximate surface area is 133 Å². The number of anilines is 2. The second-order valence-electron chi connectivity index (χ2n) is 5.01. The molecule has 0 aliphatic heterocycles. The van der Waals surface area contributed by atoms with Gasteiger partial charge in [0.15, 0.2) is 11.4 Å². The Kier molecular flexibility index (Phi) is 3.95. The minimum Gasteiger partial charge on any atom is -0.387 e. The van der Waals surface area contributed by atoms with E-state index < -0.39 is 10.0 Å². The number of rotatable bonds is 6. The number of aromatic nitrogens is 3. The van der Waals surface area contributed by atoms with Gasteiger partial charge in [0.2, 0.25) is 10.0 Å². The van der Waals surface area contributed by atoms with Gasteiger partial charge in [-0.2, -0.15) is 5.10 Å². The summed E-state index contributed by atoms with van der Waals surface area (Å²) >= 11 is 0. The van der Waals surface area contributed by atoms with Gasteiger partial charge in [0.1, 0.15) is 0 Å². The first-order valence-corrected chi connectivity index (χ1v) is 8.75. The summed E-state index contributed by atoms with van der Waals surface area (Å²) in [6.45, 7) is 2.14. The molecule has 3 rings (SSSR count). The third-order valence-corrected chi connectivity index (χ3v) is 4.70. The van der Waals surface area contributed by atoms with Gasteiger partial charge in [-0.3, -0.25) is 9.40 Å². The van der Waals surface area contributed by atoms with Gasteiger partial charge in [-0.05, 0) is 30.7 Å². The Bertz CT molecular complexity index is 915. The van der Waals surface area contributed by atoms with Crippen LogP contribution in [0.15, 0.2) is 35.1 Å². The van der Waals surface area contributed by atoms with E-state index >= 15 is 0 Å². The first-order valence-electron chi connectivity index (χ1n) is 7.10. The Hall–Kier alpha value is -2.55. The lowest BCUT2D eigenvalue weighted by molar-refractivity contribution is 0.460. The highest BCUT2D eigenvalue weighted by atomic mass is 32.2. The number of sulfonamides is 1. The molecule has 2 aromatic heterocycles. The average molecular weight is 335 g/mol. The van der Waals surface area contributed by atoms with Crippen LogP contribution in [0.25, 0.3) is 11.0 Å². The highest BCUT2D eigenvalue weighted by molar-refractivity contribution is 7.92. The predicted octanol–water partition coefficient (Wildman–Crippen LogP) is 1.88. The summed E-state index contributed by atoms with van der Waals surface area (Å²) in [6, 6.07) is 5.60. The van der Waals surface area contributed by atoms with Crippen LogP contribution in [0.3, 0.4) is 0 Å². The van der Waals surface area contributed by atoms with Gasteiger partial charge < -0.3 is 9.84 Å². The molecule has 23 heavy (non-hydrogen) atoms. The molecule has 2 N–H and O–H groups in total. The van der Waals surface area contributed by atoms with Crippen molar-refractivity contribution in [3.05, 3.63) is 36.2 Å². The Balaban J connectivity index is 2.03. The first-order chi connectivity index (χ1) is 11.0. The van der Waals surface area contributed by atoms with E-state index in [4.69, 9.17) is 4.52 Å². The van der Waals surface area contributed by atoms with Gasteiger partial charge in [0.05, 0.1) is 17.7 Å². The molecule has 0 spiro atoms. The molecule has 0 aliphatic rings. The topological polar surface area (TPSA) is 102 Å². The Morgan fingerprint density at radius 3 is 2.83 bits per heavy atom. The normalized spacial score (nSPS) is 11.7. The standard InChI is InChI=1S/C14H17N5O3S/c1-3-23(20,21)18-14-13-11(15-2)7-10(8-12(13)22-17-14)9-19-6-4-5-16-19/h4-8,15H,3,9H2,1-2H3,(H,17,18). The van der Waals surface area contributed by atoms with Gasteiger partial charge in [-0.25, -0.2) is 8.42 Å². The molecule has 0 aliphatic carbocycles. The van der Waals surface area contributed by atoms with Crippen LogP contribution in [0.1, 0.15) is 12.5 Å². The van der Waals surface area contributed by atoms with Crippen LogP contribution in [-0.4, -0.2) is 36.2 Å². The van der Waals surface area contributed by atoms with Crippen LogP contribution in [0.2, 0.25) is 0 Å². The van der Waals surface area contributed by atoms with Crippen molar-refractivity contribution in [2.24, 2.45) is 0 Å². The zero-order chi connectivity index (χ0) is 16.4. The van der Waals surface area contributed by atoms with E-state index in [1.807, 2.05) is 24.4 Å². The molecule has 122 valence electrons. The van der Waals surface area contributed by atoms with E-state index in [9.17, 15) is 8.42 Å². The molecule has 3 aromatic rings. The summed E-state index contributed by atoms with van der Waals surface area (Å²) in [5, 5.41) is 11.7. The lowest BCUT2D eigenvalue weighted by Crippen LogP contribution is -2.15. The molecule has 0 saturated carbocycles. The van der Waals surface area contributed by atoms with Crippen LogP contribution in [0.5, 0.6) is 0 Å². The third kappa shape index (κ3) is 3.14. The van der Waals surface area contributed by atoms with Gasteiger partial charge in [0, 0.05) is 25.1 Å². The van der Waals surface area contributed by atoms with E-state index in [-0.39, 0.29) is 11.6 Å². The van der Waals surface area contributed by atoms with Gasteiger partial charge in [-0.15, -0.1) is 0 Å². The molecule has 8 nitrogen and oxygen atoms in total. The van der Waals surface area contributed by atoms with Crippen molar-refractivity contribution in [3.8, 4) is 0 Å². The smallest absolute Gasteiger partial charge is 0.233 e. The summed E-state index contributed by atoms with van der Waals surface area (Å²) in [4.78, 5) is 0. The number of hydrogen-bond donors (Lipinski definition) is 2. The molecular formula is C14H17N5O3S. The molecule has 0 atom stereocenters. The molecule has 0 fully saturated rings. The maximum Gasteiger partial charge on any atom is 0.233 e. The molecule has 0 amide bonds. The van der Waals surface area contributed by atoms with Crippen molar-refractivity contribution in [3.63, 3.8) is 0 Å². The van der Waals surface area contributed by atoms with Crippen molar-refractivity contribution in [1.29, 1.82) is 0 Å². The van der Waals surface area contributed by atoms with Gasteiger partial charge in [-0.1, -0.05) is 5.16 Å². The molecule has 0 radical (unpaired) electrons. The molecule has 9 heteroatoms. The largest absolute Gasteiger partial charge is 0.387 e. The fourth-order valence-electron chi connectivity index (χ4n) is 2.29. The second-order valence-corrected chi connectivity index (χ2v) is 7.02. The predicted molar refractivity (Wildman–Crippen MR) is 88.0 cm³/mol. The van der Waals surface area contributed by atoms with Crippen LogP contribution >= 0.6 is 0 Å². The highest BCUT2D eigenvalue weighted by Gasteiger charge is 2.18. The van der Waals surface area contributed by atoms with E-state index in [0.29, 0.717) is 17.5 Å². The van der Waals surface area contributed by atoms with E-state index in [1.165, 1.54) is 0 Å². The molecule has 1 aromatic carbocycles. The highest BCUT2D eigenvalue weighted by Crippen LogP contribution is 2.32. The fourth-order valence-corrected chi connectivity index (χ4v) is 2.87. The molecule has 2 heterocycles. The Morgan fingerprint density at radius 1 is 1.35 bits per heavy atom. The SMILES string of the molecule is CCS(=O)(=O)Nc1noc2cc(Cn3cccn3)cc(NC)c12. The Morgan fingerprint density at radius 2 is 2.17 bits per heavy atom. The maximum atomic E-state index is 11.8. The van der Waals surface area contributed by atoms with E-state index in [1.54, 1.807) is 24.9 Å². The van der Waals surface area contributed by atoms with E-state index in [0.717, 1.165) is 11.3 Å². The summed E-state index contributed by atoms with van der Waals surface area (Å²) in [5.41, 5.74) is 2.21. The number of nitrogens with one attached hydrogen (secondary N) is 2. The lowest BCUT2D eigenvalue weighted by Gasteiger charge is -2.08. The van der Waals surface area contributed by atoms with Crippen molar-refractivity contribution in [2.45, 2.75) is 13.5 Å². The van der Waals surface area contributed by atoms with Crippen molar-refractivity contribution < 1.29 is 12.9 Å². The molecule has 0 saturated heterocycles. The number of hydrogen-bond acceptors (Lipinski definition) is 6. The van der Waals surface area contributed by atoms with Gasteiger partial charge >= 0.3 is 0 Å². The minimum atomic E-state index is -3.42. The molecule has 0 bridgehead atoms. The lowest BCUT2D eigenvalue weighted by atomic mass is 10.1. The fraction of sp³-hybridized carbons (Fsp3) is 0.286.